The number of carbonyl (C=O) groups is 1. The number of benzene rings is 1. The number of halogens is 1. The van der Waals surface area contributed by atoms with Crippen LogP contribution in [0.25, 0.3) is 5.69 Å². The topological polar surface area (TPSA) is 41.4 Å². The first-order chi connectivity index (χ1) is 13.5. The molecule has 0 aliphatic carbocycles. The Kier molecular flexibility index (Phi) is 4.86. The van der Waals surface area contributed by atoms with E-state index < -0.39 is 0 Å². The van der Waals surface area contributed by atoms with Crippen molar-refractivity contribution in [2.24, 2.45) is 0 Å². The second-order valence-electron chi connectivity index (χ2n) is 7.06. The van der Waals surface area contributed by atoms with Crippen LogP contribution in [0.5, 0.6) is 0 Å². The lowest BCUT2D eigenvalue weighted by molar-refractivity contribution is 0.0746. The Morgan fingerprint density at radius 3 is 2.36 bits per heavy atom. The van der Waals surface area contributed by atoms with Crippen molar-refractivity contribution in [1.82, 2.24) is 14.5 Å². The van der Waals surface area contributed by atoms with E-state index in [4.69, 9.17) is 0 Å². The molecule has 1 fully saturated rings. The molecule has 4 rings (SSSR count). The molecule has 0 saturated carbocycles. The van der Waals surface area contributed by atoms with Gasteiger partial charge in [-0.1, -0.05) is 6.07 Å². The molecule has 0 atom stereocenters. The SMILES string of the molecule is Cc1cc(C(=O)N2CCN(c3ccccn3)CC2)c(C)n1-c1ccc(F)cc1. The van der Waals surface area contributed by atoms with E-state index in [1.807, 2.05) is 47.6 Å². The van der Waals surface area contributed by atoms with Gasteiger partial charge < -0.3 is 14.4 Å². The van der Waals surface area contributed by atoms with Crippen LogP contribution in [0.15, 0.2) is 54.7 Å². The Hall–Kier alpha value is -3.15. The fourth-order valence-corrected chi connectivity index (χ4v) is 3.82. The highest BCUT2D eigenvalue weighted by atomic mass is 19.1. The molecule has 2 aromatic heterocycles. The second kappa shape index (κ2) is 7.46. The summed E-state index contributed by atoms with van der Waals surface area (Å²) in [7, 11) is 0. The van der Waals surface area contributed by atoms with Crippen LogP contribution in [0, 0.1) is 19.7 Å². The van der Waals surface area contributed by atoms with Crippen molar-refractivity contribution in [1.29, 1.82) is 0 Å². The van der Waals surface area contributed by atoms with Gasteiger partial charge in [-0.2, -0.15) is 0 Å². The van der Waals surface area contributed by atoms with Crippen LogP contribution in [0.1, 0.15) is 21.7 Å². The van der Waals surface area contributed by atoms with E-state index in [0.717, 1.165) is 36.0 Å². The molecule has 1 amide bonds. The normalized spacial score (nSPS) is 14.4. The number of hydrogen-bond donors (Lipinski definition) is 0. The van der Waals surface area contributed by atoms with Gasteiger partial charge in [-0.25, -0.2) is 9.37 Å². The van der Waals surface area contributed by atoms with Crippen molar-refractivity contribution in [2.45, 2.75) is 13.8 Å². The number of carbonyl (C=O) groups excluding carboxylic acids is 1. The molecular weight excluding hydrogens is 355 g/mol. The van der Waals surface area contributed by atoms with Gasteiger partial charge in [0, 0.05) is 49.5 Å². The van der Waals surface area contributed by atoms with Crippen LogP contribution in [-0.2, 0) is 0 Å². The molecule has 0 radical (unpaired) electrons. The minimum absolute atomic E-state index is 0.0436. The molecular formula is C22H23FN4O. The summed E-state index contributed by atoms with van der Waals surface area (Å²) in [6.45, 7) is 6.75. The molecule has 1 aliphatic rings. The highest BCUT2D eigenvalue weighted by Gasteiger charge is 2.25. The summed E-state index contributed by atoms with van der Waals surface area (Å²) >= 11 is 0. The van der Waals surface area contributed by atoms with Crippen molar-refractivity contribution in [3.05, 3.63) is 77.5 Å². The summed E-state index contributed by atoms with van der Waals surface area (Å²) in [5.74, 6) is 0.722. The van der Waals surface area contributed by atoms with Gasteiger partial charge in [-0.3, -0.25) is 4.79 Å². The minimum Gasteiger partial charge on any atom is -0.353 e. The molecule has 1 aliphatic heterocycles. The predicted molar refractivity (Wildman–Crippen MR) is 108 cm³/mol. The first-order valence-corrected chi connectivity index (χ1v) is 9.45. The van der Waals surface area contributed by atoms with Gasteiger partial charge in [0.1, 0.15) is 11.6 Å². The van der Waals surface area contributed by atoms with Gasteiger partial charge in [0.2, 0.25) is 0 Å². The number of pyridine rings is 1. The molecule has 1 saturated heterocycles. The first kappa shape index (κ1) is 18.2. The zero-order valence-corrected chi connectivity index (χ0v) is 16.1. The number of piperazine rings is 1. The second-order valence-corrected chi connectivity index (χ2v) is 7.06. The van der Waals surface area contributed by atoms with Gasteiger partial charge in [0.05, 0.1) is 5.56 Å². The molecule has 144 valence electrons. The quantitative estimate of drug-likeness (QED) is 0.699. The molecule has 0 bridgehead atoms. The molecule has 3 aromatic rings. The van der Waals surface area contributed by atoms with Crippen LogP contribution in [0.2, 0.25) is 0 Å². The van der Waals surface area contributed by atoms with E-state index in [-0.39, 0.29) is 11.7 Å². The van der Waals surface area contributed by atoms with Crippen molar-refractivity contribution in [2.75, 3.05) is 31.1 Å². The van der Waals surface area contributed by atoms with Gasteiger partial charge in [-0.15, -0.1) is 0 Å². The number of anilines is 1. The summed E-state index contributed by atoms with van der Waals surface area (Å²) in [5, 5.41) is 0. The Morgan fingerprint density at radius 1 is 1.00 bits per heavy atom. The van der Waals surface area contributed by atoms with Crippen LogP contribution >= 0.6 is 0 Å². The van der Waals surface area contributed by atoms with Crippen molar-refractivity contribution >= 4 is 11.7 Å². The number of aryl methyl sites for hydroxylation is 1. The van der Waals surface area contributed by atoms with Crippen LogP contribution in [0.3, 0.4) is 0 Å². The molecule has 6 heteroatoms. The van der Waals surface area contributed by atoms with Crippen molar-refractivity contribution in [3.8, 4) is 5.69 Å². The fraction of sp³-hybridized carbons (Fsp3) is 0.273. The smallest absolute Gasteiger partial charge is 0.255 e. The molecule has 3 heterocycles. The van der Waals surface area contributed by atoms with Crippen molar-refractivity contribution in [3.63, 3.8) is 0 Å². The summed E-state index contributed by atoms with van der Waals surface area (Å²) in [6.07, 6.45) is 1.79. The van der Waals surface area contributed by atoms with Gasteiger partial charge in [0.25, 0.3) is 5.91 Å². The lowest BCUT2D eigenvalue weighted by Crippen LogP contribution is -2.49. The fourth-order valence-electron chi connectivity index (χ4n) is 3.82. The Balaban J connectivity index is 1.52. The summed E-state index contributed by atoms with van der Waals surface area (Å²) < 4.78 is 15.3. The maximum absolute atomic E-state index is 13.3. The Morgan fingerprint density at radius 2 is 1.71 bits per heavy atom. The van der Waals surface area contributed by atoms with E-state index >= 15 is 0 Å². The third-order valence-electron chi connectivity index (χ3n) is 5.29. The van der Waals surface area contributed by atoms with Crippen LogP contribution in [-0.4, -0.2) is 46.5 Å². The van der Waals surface area contributed by atoms with E-state index in [9.17, 15) is 9.18 Å². The van der Waals surface area contributed by atoms with Gasteiger partial charge in [0.15, 0.2) is 0 Å². The largest absolute Gasteiger partial charge is 0.353 e. The number of aromatic nitrogens is 2. The lowest BCUT2D eigenvalue weighted by Gasteiger charge is -2.35. The van der Waals surface area contributed by atoms with Gasteiger partial charge in [-0.05, 0) is 56.3 Å². The average Bonchev–Trinajstić information content (AvgIpc) is 3.03. The third-order valence-corrected chi connectivity index (χ3v) is 5.29. The zero-order chi connectivity index (χ0) is 19.7. The summed E-state index contributed by atoms with van der Waals surface area (Å²) in [6, 6.07) is 14.1. The minimum atomic E-state index is -0.270. The Labute approximate surface area is 164 Å². The van der Waals surface area contributed by atoms with Crippen molar-refractivity contribution < 1.29 is 9.18 Å². The molecule has 28 heavy (non-hydrogen) atoms. The molecule has 1 aromatic carbocycles. The number of amides is 1. The van der Waals surface area contributed by atoms with Crippen LogP contribution in [0.4, 0.5) is 10.2 Å². The Bertz CT molecular complexity index is 974. The average molecular weight is 378 g/mol. The highest BCUT2D eigenvalue weighted by molar-refractivity contribution is 5.96. The van der Waals surface area contributed by atoms with Crippen LogP contribution < -0.4 is 4.90 Å². The summed E-state index contributed by atoms with van der Waals surface area (Å²) in [5.41, 5.74) is 3.39. The maximum atomic E-state index is 13.3. The number of hydrogen-bond acceptors (Lipinski definition) is 3. The predicted octanol–water partition coefficient (Wildman–Crippen LogP) is 3.59. The first-order valence-electron chi connectivity index (χ1n) is 9.45. The number of nitrogens with zero attached hydrogens (tertiary/aromatic N) is 4. The summed E-state index contributed by atoms with van der Waals surface area (Å²) in [4.78, 5) is 21.6. The number of rotatable bonds is 3. The monoisotopic (exact) mass is 378 g/mol. The lowest BCUT2D eigenvalue weighted by atomic mass is 10.2. The maximum Gasteiger partial charge on any atom is 0.255 e. The molecule has 0 N–H and O–H groups in total. The van der Waals surface area contributed by atoms with Gasteiger partial charge >= 0.3 is 0 Å². The standard InChI is InChI=1S/C22H23FN4O/c1-16-15-20(17(2)27(16)19-8-6-18(23)7-9-19)22(28)26-13-11-25(12-14-26)21-5-3-4-10-24-21/h3-10,15H,11-14H2,1-2H3. The molecule has 5 nitrogen and oxygen atoms in total. The van der Waals surface area contributed by atoms with E-state index in [1.165, 1.54) is 12.1 Å². The highest BCUT2D eigenvalue weighted by Crippen LogP contribution is 2.23. The van der Waals surface area contributed by atoms with E-state index in [0.29, 0.717) is 18.7 Å². The third kappa shape index (κ3) is 3.38. The molecule has 0 unspecified atom stereocenters. The van der Waals surface area contributed by atoms with E-state index in [1.54, 1.807) is 18.3 Å². The molecule has 0 spiro atoms. The zero-order valence-electron chi connectivity index (χ0n) is 16.1. The van der Waals surface area contributed by atoms with E-state index in [2.05, 4.69) is 9.88 Å².